The van der Waals surface area contributed by atoms with Crippen LogP contribution >= 0.6 is 27.5 Å². The van der Waals surface area contributed by atoms with E-state index in [0.29, 0.717) is 6.04 Å². The van der Waals surface area contributed by atoms with Crippen molar-refractivity contribution in [1.82, 2.24) is 5.32 Å². The van der Waals surface area contributed by atoms with Gasteiger partial charge >= 0.3 is 0 Å². The van der Waals surface area contributed by atoms with Crippen molar-refractivity contribution < 1.29 is 4.74 Å². The molecule has 0 bridgehead atoms. The standard InChI is InChI=1S/C15H23BrClNO/c1-4-15(19-6-3)14(18-5-2)9-11-7-8-12(16)10-13(11)17/h7-8,10,14-15,18H,4-6,9H2,1-3H3. The van der Waals surface area contributed by atoms with E-state index in [-0.39, 0.29) is 6.10 Å². The second-order valence-corrected chi connectivity index (χ2v) is 5.83. The van der Waals surface area contributed by atoms with Gasteiger partial charge in [-0.1, -0.05) is 47.4 Å². The lowest BCUT2D eigenvalue weighted by molar-refractivity contribution is 0.0323. The molecule has 0 aliphatic heterocycles. The minimum absolute atomic E-state index is 0.227. The first-order chi connectivity index (χ1) is 9.12. The van der Waals surface area contributed by atoms with Crippen LogP contribution < -0.4 is 5.32 Å². The Morgan fingerprint density at radius 2 is 2.05 bits per heavy atom. The second kappa shape index (κ2) is 8.96. The molecule has 0 heterocycles. The number of likely N-dealkylation sites (N-methyl/N-ethyl adjacent to an activating group) is 1. The lowest BCUT2D eigenvalue weighted by Gasteiger charge is -2.27. The number of hydrogen-bond acceptors (Lipinski definition) is 2. The van der Waals surface area contributed by atoms with E-state index in [1.54, 1.807) is 0 Å². The number of halogens is 2. The quantitative estimate of drug-likeness (QED) is 0.750. The van der Waals surface area contributed by atoms with Crippen molar-refractivity contribution in [2.24, 2.45) is 0 Å². The third-order valence-electron chi connectivity index (χ3n) is 3.15. The Morgan fingerprint density at radius 3 is 2.58 bits per heavy atom. The Hall–Kier alpha value is -0.0900. The summed E-state index contributed by atoms with van der Waals surface area (Å²) >= 11 is 9.74. The number of hydrogen-bond donors (Lipinski definition) is 1. The van der Waals surface area contributed by atoms with E-state index in [2.05, 4.69) is 41.2 Å². The van der Waals surface area contributed by atoms with Gasteiger partial charge in [0.15, 0.2) is 0 Å². The fraction of sp³-hybridized carbons (Fsp3) is 0.600. The highest BCUT2D eigenvalue weighted by Crippen LogP contribution is 2.23. The zero-order chi connectivity index (χ0) is 14.3. The van der Waals surface area contributed by atoms with Gasteiger partial charge in [-0.3, -0.25) is 0 Å². The van der Waals surface area contributed by atoms with E-state index < -0.39 is 0 Å². The summed E-state index contributed by atoms with van der Waals surface area (Å²) in [6.07, 6.45) is 2.11. The fourth-order valence-corrected chi connectivity index (χ4v) is 3.00. The fourth-order valence-electron chi connectivity index (χ4n) is 2.25. The second-order valence-electron chi connectivity index (χ2n) is 4.51. The van der Waals surface area contributed by atoms with E-state index >= 15 is 0 Å². The van der Waals surface area contributed by atoms with Crippen LogP contribution in [0.3, 0.4) is 0 Å². The molecule has 1 N–H and O–H groups in total. The number of nitrogens with one attached hydrogen (secondary N) is 1. The Bertz CT molecular complexity index is 386. The van der Waals surface area contributed by atoms with Crippen LogP contribution in [-0.4, -0.2) is 25.3 Å². The van der Waals surface area contributed by atoms with Crippen LogP contribution in [0.4, 0.5) is 0 Å². The summed E-state index contributed by atoms with van der Waals surface area (Å²) in [6.45, 7) is 8.00. The molecule has 0 aromatic heterocycles. The van der Waals surface area contributed by atoms with Gasteiger partial charge in [-0.15, -0.1) is 0 Å². The van der Waals surface area contributed by atoms with Crippen LogP contribution in [0.5, 0.6) is 0 Å². The van der Waals surface area contributed by atoms with Gasteiger partial charge in [0, 0.05) is 22.1 Å². The highest BCUT2D eigenvalue weighted by atomic mass is 79.9. The molecule has 0 saturated carbocycles. The molecule has 0 amide bonds. The molecule has 0 fully saturated rings. The summed E-state index contributed by atoms with van der Waals surface area (Å²) in [5, 5.41) is 4.32. The van der Waals surface area contributed by atoms with Gasteiger partial charge in [0.2, 0.25) is 0 Å². The third-order valence-corrected chi connectivity index (χ3v) is 4.00. The maximum atomic E-state index is 6.30. The van der Waals surface area contributed by atoms with Crippen molar-refractivity contribution in [2.75, 3.05) is 13.2 Å². The summed E-state index contributed by atoms with van der Waals surface area (Å²) in [4.78, 5) is 0. The molecule has 0 spiro atoms. The topological polar surface area (TPSA) is 21.3 Å². The zero-order valence-corrected chi connectivity index (χ0v) is 14.2. The molecular formula is C15H23BrClNO. The highest BCUT2D eigenvalue weighted by Gasteiger charge is 2.20. The van der Waals surface area contributed by atoms with Crippen molar-refractivity contribution in [3.63, 3.8) is 0 Å². The Labute approximate surface area is 130 Å². The average molecular weight is 349 g/mol. The molecule has 1 rings (SSSR count). The molecule has 1 aromatic rings. The van der Waals surface area contributed by atoms with Crippen molar-refractivity contribution in [3.05, 3.63) is 33.3 Å². The molecule has 0 radical (unpaired) electrons. The first-order valence-corrected chi connectivity index (χ1v) is 8.08. The molecule has 108 valence electrons. The average Bonchev–Trinajstić information content (AvgIpc) is 2.38. The maximum Gasteiger partial charge on any atom is 0.0728 e. The van der Waals surface area contributed by atoms with Gasteiger partial charge in [0.05, 0.1) is 6.10 Å². The molecule has 2 atom stereocenters. The van der Waals surface area contributed by atoms with E-state index in [1.165, 1.54) is 0 Å². The van der Waals surface area contributed by atoms with E-state index in [1.807, 2.05) is 19.1 Å². The number of ether oxygens (including phenoxy) is 1. The molecule has 4 heteroatoms. The van der Waals surface area contributed by atoms with Crippen molar-refractivity contribution >= 4 is 27.5 Å². The van der Waals surface area contributed by atoms with E-state index in [9.17, 15) is 0 Å². The van der Waals surface area contributed by atoms with Gasteiger partial charge in [0.1, 0.15) is 0 Å². The molecule has 2 unspecified atom stereocenters. The molecule has 0 saturated heterocycles. The maximum absolute atomic E-state index is 6.30. The van der Waals surface area contributed by atoms with Gasteiger partial charge in [-0.2, -0.15) is 0 Å². The van der Waals surface area contributed by atoms with Crippen molar-refractivity contribution in [3.8, 4) is 0 Å². The molecule has 2 nitrogen and oxygen atoms in total. The minimum atomic E-state index is 0.227. The molecule has 0 aliphatic rings. The molecular weight excluding hydrogens is 326 g/mol. The molecule has 19 heavy (non-hydrogen) atoms. The SMILES string of the molecule is CCNC(Cc1ccc(Br)cc1Cl)C(CC)OCC. The third kappa shape index (κ3) is 5.42. The Balaban J connectivity index is 2.81. The normalized spacial score (nSPS) is 14.4. The van der Waals surface area contributed by atoms with Gasteiger partial charge in [-0.05, 0) is 44.0 Å². The van der Waals surface area contributed by atoms with Crippen LogP contribution in [0.1, 0.15) is 32.8 Å². The number of benzene rings is 1. The Kier molecular flexibility index (Phi) is 8.00. The summed E-state index contributed by atoms with van der Waals surface area (Å²) in [7, 11) is 0. The summed E-state index contributed by atoms with van der Waals surface area (Å²) < 4.78 is 6.84. The van der Waals surface area contributed by atoms with Crippen LogP contribution in [0.25, 0.3) is 0 Å². The predicted molar refractivity (Wildman–Crippen MR) is 86.0 cm³/mol. The highest BCUT2D eigenvalue weighted by molar-refractivity contribution is 9.10. The lowest BCUT2D eigenvalue weighted by Crippen LogP contribution is -2.42. The summed E-state index contributed by atoms with van der Waals surface area (Å²) in [5.74, 6) is 0. The minimum Gasteiger partial charge on any atom is -0.377 e. The van der Waals surface area contributed by atoms with Crippen LogP contribution in [0.15, 0.2) is 22.7 Å². The van der Waals surface area contributed by atoms with Gasteiger partial charge in [0.25, 0.3) is 0 Å². The monoisotopic (exact) mass is 347 g/mol. The first-order valence-electron chi connectivity index (χ1n) is 6.91. The Morgan fingerprint density at radius 1 is 1.32 bits per heavy atom. The van der Waals surface area contributed by atoms with Gasteiger partial charge in [-0.25, -0.2) is 0 Å². The molecule has 0 aliphatic carbocycles. The predicted octanol–water partition coefficient (Wildman–Crippen LogP) is 4.44. The summed E-state index contributed by atoms with van der Waals surface area (Å²) in [6, 6.07) is 6.36. The van der Waals surface area contributed by atoms with Crippen molar-refractivity contribution in [1.29, 1.82) is 0 Å². The van der Waals surface area contributed by atoms with Gasteiger partial charge < -0.3 is 10.1 Å². The first kappa shape index (κ1) is 17.0. The largest absolute Gasteiger partial charge is 0.377 e. The van der Waals surface area contributed by atoms with Crippen LogP contribution in [0.2, 0.25) is 5.02 Å². The molecule has 1 aromatic carbocycles. The summed E-state index contributed by atoms with van der Waals surface area (Å²) in [5.41, 5.74) is 1.16. The van der Waals surface area contributed by atoms with Crippen molar-refractivity contribution in [2.45, 2.75) is 45.8 Å². The van der Waals surface area contributed by atoms with Crippen LogP contribution in [0, 0.1) is 0 Å². The lowest BCUT2D eigenvalue weighted by atomic mass is 9.99. The number of rotatable bonds is 8. The zero-order valence-electron chi connectivity index (χ0n) is 11.9. The van der Waals surface area contributed by atoms with E-state index in [4.69, 9.17) is 16.3 Å². The van der Waals surface area contributed by atoms with E-state index in [0.717, 1.165) is 41.1 Å². The smallest absolute Gasteiger partial charge is 0.0728 e. The van der Waals surface area contributed by atoms with Crippen LogP contribution in [-0.2, 0) is 11.2 Å².